The zero-order chi connectivity index (χ0) is 11.7. The number of aromatic nitrogens is 4. The van der Waals surface area contributed by atoms with Crippen LogP contribution in [0.1, 0.15) is 24.7 Å². The molecular formula is C10H17N5O2. The van der Waals surface area contributed by atoms with Crippen LogP contribution in [0.25, 0.3) is 0 Å². The van der Waals surface area contributed by atoms with Crippen molar-refractivity contribution < 1.29 is 9.84 Å². The monoisotopic (exact) mass is 239 g/mol. The number of hydrogen-bond acceptors (Lipinski definition) is 6. The van der Waals surface area contributed by atoms with Gasteiger partial charge in [0.2, 0.25) is 0 Å². The highest BCUT2D eigenvalue weighted by molar-refractivity contribution is 4.91. The number of ether oxygens (including phenoxy) is 1. The van der Waals surface area contributed by atoms with Crippen LogP contribution < -0.4 is 0 Å². The summed E-state index contributed by atoms with van der Waals surface area (Å²) in [5.74, 6) is 0.896. The second-order valence-electron chi connectivity index (χ2n) is 4.65. The first-order valence-corrected chi connectivity index (χ1v) is 6.08. The Morgan fingerprint density at radius 1 is 1.41 bits per heavy atom. The Balaban J connectivity index is 1.69. The summed E-state index contributed by atoms with van der Waals surface area (Å²) in [6.07, 6.45) is 2.34. The molecule has 17 heavy (non-hydrogen) atoms. The summed E-state index contributed by atoms with van der Waals surface area (Å²) >= 11 is 0. The van der Waals surface area contributed by atoms with Gasteiger partial charge in [-0.05, 0) is 23.3 Å². The van der Waals surface area contributed by atoms with Gasteiger partial charge in [0.1, 0.15) is 0 Å². The molecule has 0 radical (unpaired) electrons. The zero-order valence-corrected chi connectivity index (χ0v) is 9.70. The van der Waals surface area contributed by atoms with Gasteiger partial charge in [-0.25, -0.2) is 4.68 Å². The first kappa shape index (κ1) is 11.1. The molecule has 7 nitrogen and oxygen atoms in total. The van der Waals surface area contributed by atoms with Crippen molar-refractivity contribution >= 4 is 0 Å². The van der Waals surface area contributed by atoms with E-state index in [9.17, 15) is 5.11 Å². The molecule has 0 bridgehead atoms. The Bertz CT molecular complexity index is 379. The molecule has 2 fully saturated rings. The van der Waals surface area contributed by atoms with Gasteiger partial charge in [-0.2, -0.15) is 0 Å². The molecule has 94 valence electrons. The molecule has 3 rings (SSSR count). The molecule has 0 spiro atoms. The lowest BCUT2D eigenvalue weighted by Crippen LogP contribution is -2.47. The lowest BCUT2D eigenvalue weighted by atomic mass is 10.2. The first-order valence-electron chi connectivity index (χ1n) is 6.08. The van der Waals surface area contributed by atoms with Crippen molar-refractivity contribution in [2.75, 3.05) is 26.4 Å². The number of rotatable bonds is 4. The van der Waals surface area contributed by atoms with Crippen LogP contribution in [0.2, 0.25) is 0 Å². The summed E-state index contributed by atoms with van der Waals surface area (Å²) in [5, 5.41) is 21.2. The molecule has 1 saturated carbocycles. The SMILES string of the molecule is OCC1COCCN1Cc1nnnn1C1CC1. The van der Waals surface area contributed by atoms with Crippen molar-refractivity contribution in [1.29, 1.82) is 0 Å². The van der Waals surface area contributed by atoms with Crippen LogP contribution in [0.4, 0.5) is 0 Å². The number of hydrogen-bond donors (Lipinski definition) is 1. The maximum Gasteiger partial charge on any atom is 0.165 e. The first-order chi connectivity index (χ1) is 8.38. The van der Waals surface area contributed by atoms with Crippen LogP contribution in [-0.2, 0) is 11.3 Å². The van der Waals surface area contributed by atoms with Crippen molar-refractivity contribution in [1.82, 2.24) is 25.1 Å². The molecule has 1 N–H and O–H groups in total. The number of tetrazole rings is 1. The molecular weight excluding hydrogens is 222 g/mol. The molecule has 7 heteroatoms. The van der Waals surface area contributed by atoms with Gasteiger partial charge >= 0.3 is 0 Å². The minimum Gasteiger partial charge on any atom is -0.395 e. The summed E-state index contributed by atoms with van der Waals surface area (Å²) in [7, 11) is 0. The Labute approximate surface area is 99.4 Å². The molecule has 1 aromatic heterocycles. The third kappa shape index (κ3) is 2.31. The second-order valence-corrected chi connectivity index (χ2v) is 4.65. The van der Waals surface area contributed by atoms with E-state index in [0.717, 1.165) is 12.4 Å². The number of morpholine rings is 1. The quantitative estimate of drug-likeness (QED) is 0.741. The van der Waals surface area contributed by atoms with Gasteiger partial charge in [0, 0.05) is 6.54 Å². The van der Waals surface area contributed by atoms with Gasteiger partial charge in [0.05, 0.1) is 38.4 Å². The predicted octanol–water partition coefficient (Wildman–Crippen LogP) is -0.799. The van der Waals surface area contributed by atoms with Crippen LogP contribution in [0, 0.1) is 0 Å². The summed E-state index contributed by atoms with van der Waals surface area (Å²) in [6, 6.07) is 0.557. The van der Waals surface area contributed by atoms with Crippen LogP contribution >= 0.6 is 0 Å². The lowest BCUT2D eigenvalue weighted by Gasteiger charge is -2.33. The fraction of sp³-hybridized carbons (Fsp3) is 0.900. The molecule has 1 saturated heterocycles. The average Bonchev–Trinajstić information content (AvgIpc) is 3.11. The van der Waals surface area contributed by atoms with E-state index in [1.165, 1.54) is 12.8 Å². The molecule has 1 atom stereocenters. The highest BCUT2D eigenvalue weighted by Gasteiger charge is 2.30. The molecule has 1 aromatic rings. The van der Waals surface area contributed by atoms with Gasteiger partial charge in [-0.3, -0.25) is 4.90 Å². The fourth-order valence-corrected chi connectivity index (χ4v) is 2.17. The lowest BCUT2D eigenvalue weighted by molar-refractivity contribution is -0.0327. The summed E-state index contributed by atoms with van der Waals surface area (Å²) in [5.41, 5.74) is 0. The van der Waals surface area contributed by atoms with Crippen molar-refractivity contribution in [2.45, 2.75) is 31.5 Å². The van der Waals surface area contributed by atoms with E-state index in [1.54, 1.807) is 0 Å². The number of aliphatic hydroxyl groups is 1. The molecule has 0 amide bonds. The van der Waals surface area contributed by atoms with Gasteiger partial charge in [0.25, 0.3) is 0 Å². The average molecular weight is 239 g/mol. The third-order valence-electron chi connectivity index (χ3n) is 3.36. The largest absolute Gasteiger partial charge is 0.395 e. The summed E-state index contributed by atoms with van der Waals surface area (Å²) in [6.45, 7) is 2.93. The van der Waals surface area contributed by atoms with Crippen molar-refractivity contribution in [3.8, 4) is 0 Å². The van der Waals surface area contributed by atoms with Gasteiger partial charge in [0.15, 0.2) is 5.82 Å². The fourth-order valence-electron chi connectivity index (χ4n) is 2.17. The Hall–Kier alpha value is -1.05. The van der Waals surface area contributed by atoms with Crippen molar-refractivity contribution in [2.24, 2.45) is 0 Å². The van der Waals surface area contributed by atoms with E-state index in [4.69, 9.17) is 4.74 Å². The van der Waals surface area contributed by atoms with Crippen LogP contribution in [0.5, 0.6) is 0 Å². The molecule has 1 aliphatic carbocycles. The van der Waals surface area contributed by atoms with E-state index in [-0.39, 0.29) is 12.6 Å². The summed E-state index contributed by atoms with van der Waals surface area (Å²) < 4.78 is 7.27. The standard InChI is InChI=1S/C10H17N5O2/c16-6-9-7-17-4-3-14(9)5-10-11-12-13-15(10)8-1-2-8/h8-9,16H,1-7H2. The van der Waals surface area contributed by atoms with Gasteiger partial charge in [-0.1, -0.05) is 0 Å². The highest BCUT2D eigenvalue weighted by atomic mass is 16.5. The summed E-state index contributed by atoms with van der Waals surface area (Å²) in [4.78, 5) is 2.19. The number of aliphatic hydroxyl groups excluding tert-OH is 1. The molecule has 2 aliphatic rings. The molecule has 0 aromatic carbocycles. The van der Waals surface area contributed by atoms with Crippen LogP contribution in [0.15, 0.2) is 0 Å². The van der Waals surface area contributed by atoms with E-state index in [0.29, 0.717) is 25.8 Å². The molecule has 1 unspecified atom stereocenters. The van der Waals surface area contributed by atoms with E-state index >= 15 is 0 Å². The topological polar surface area (TPSA) is 76.3 Å². The smallest absolute Gasteiger partial charge is 0.165 e. The Kier molecular flexibility index (Phi) is 3.04. The van der Waals surface area contributed by atoms with Crippen molar-refractivity contribution in [3.63, 3.8) is 0 Å². The predicted molar refractivity (Wildman–Crippen MR) is 58.2 cm³/mol. The van der Waals surface area contributed by atoms with E-state index in [1.807, 2.05) is 4.68 Å². The van der Waals surface area contributed by atoms with Crippen LogP contribution in [-0.4, -0.2) is 62.6 Å². The Morgan fingerprint density at radius 2 is 2.29 bits per heavy atom. The maximum absolute atomic E-state index is 9.30. The van der Waals surface area contributed by atoms with Gasteiger partial charge < -0.3 is 9.84 Å². The highest BCUT2D eigenvalue weighted by Crippen LogP contribution is 2.34. The minimum atomic E-state index is 0.0631. The van der Waals surface area contributed by atoms with E-state index < -0.39 is 0 Å². The molecule has 1 aliphatic heterocycles. The van der Waals surface area contributed by atoms with Gasteiger partial charge in [-0.15, -0.1) is 5.10 Å². The van der Waals surface area contributed by atoms with Crippen LogP contribution in [0.3, 0.4) is 0 Å². The second kappa shape index (κ2) is 4.67. The maximum atomic E-state index is 9.30. The normalized spacial score (nSPS) is 26.3. The van der Waals surface area contributed by atoms with E-state index in [2.05, 4.69) is 20.4 Å². The Morgan fingerprint density at radius 3 is 3.06 bits per heavy atom. The minimum absolute atomic E-state index is 0.0631. The van der Waals surface area contributed by atoms with Crippen molar-refractivity contribution in [3.05, 3.63) is 5.82 Å². The zero-order valence-electron chi connectivity index (χ0n) is 9.70. The number of nitrogens with zero attached hydrogens (tertiary/aromatic N) is 5. The molecule has 2 heterocycles. The third-order valence-corrected chi connectivity index (χ3v) is 3.36.